The van der Waals surface area contributed by atoms with Crippen molar-refractivity contribution in [2.75, 3.05) is 6.61 Å². The molecule has 0 bridgehead atoms. The monoisotopic (exact) mass is 271 g/mol. The van der Waals surface area contributed by atoms with Crippen molar-refractivity contribution in [1.82, 2.24) is 3.96 Å². The fourth-order valence-corrected chi connectivity index (χ4v) is 3.21. The van der Waals surface area contributed by atoms with E-state index in [0.29, 0.717) is 6.10 Å². The zero-order valence-corrected chi connectivity index (χ0v) is 11.1. The lowest BCUT2D eigenvalue weighted by atomic mass is 10.3. The lowest BCUT2D eigenvalue weighted by Crippen LogP contribution is -2.01. The van der Waals surface area contributed by atoms with E-state index in [1.807, 2.05) is 36.4 Å². The highest BCUT2D eigenvalue weighted by molar-refractivity contribution is 7.13. The maximum atomic E-state index is 6.03. The highest BCUT2D eigenvalue weighted by Gasteiger charge is 2.23. The Morgan fingerprint density at radius 1 is 1.05 bits per heavy atom. The van der Waals surface area contributed by atoms with Crippen LogP contribution in [0.3, 0.4) is 0 Å². The van der Waals surface area contributed by atoms with Gasteiger partial charge in [-0.25, -0.2) is 0 Å². The zero-order valence-electron chi connectivity index (χ0n) is 10.3. The Morgan fingerprint density at radius 3 is 2.63 bits per heavy atom. The Balaban J connectivity index is 2.08. The average Bonchev–Trinajstić information content (AvgIpc) is 3.25. The SMILES string of the molecule is c1ccc2sn(CC3CO3)c3ccccc3oc2c1. The number of rotatable bonds is 2. The summed E-state index contributed by atoms with van der Waals surface area (Å²) in [6, 6.07) is 16.3. The van der Waals surface area contributed by atoms with Crippen molar-refractivity contribution >= 4 is 32.9 Å². The van der Waals surface area contributed by atoms with Gasteiger partial charge in [-0.2, -0.15) is 0 Å². The number of epoxide rings is 1. The van der Waals surface area contributed by atoms with Gasteiger partial charge in [-0.1, -0.05) is 35.8 Å². The molecule has 4 rings (SSSR count). The number of benzene rings is 2. The van der Waals surface area contributed by atoms with Gasteiger partial charge in [-0.15, -0.1) is 0 Å². The summed E-state index contributed by atoms with van der Waals surface area (Å²) in [6.07, 6.45) is 0.353. The Bertz CT molecular complexity index is 778. The van der Waals surface area contributed by atoms with E-state index in [0.717, 1.165) is 34.5 Å². The molecule has 3 aromatic rings. The molecule has 1 atom stereocenters. The highest BCUT2D eigenvalue weighted by atomic mass is 32.1. The molecule has 19 heavy (non-hydrogen) atoms. The molecule has 3 nitrogen and oxygen atoms in total. The van der Waals surface area contributed by atoms with Gasteiger partial charge in [0.15, 0.2) is 5.58 Å². The number of fused-ring (bicyclic) bond motifs is 2. The predicted octanol–water partition coefficient (Wildman–Crippen LogP) is 3.97. The van der Waals surface area contributed by atoms with Gasteiger partial charge in [-0.05, 0) is 24.3 Å². The number of ether oxygens (including phenoxy) is 1. The predicted molar refractivity (Wildman–Crippen MR) is 77.0 cm³/mol. The summed E-state index contributed by atoms with van der Waals surface area (Å²) in [5.74, 6) is 0. The Labute approximate surface area is 114 Å². The number of nitrogens with zero attached hydrogens (tertiary/aromatic N) is 1. The standard InChI is InChI=1S/C15H13NO2S/c1-2-6-13-12(5-1)16(9-11-10-17-11)19-15-8-4-3-7-14(15)18-13/h1-8,11H,9-10H2. The van der Waals surface area contributed by atoms with E-state index in [9.17, 15) is 0 Å². The van der Waals surface area contributed by atoms with Crippen molar-refractivity contribution in [3.8, 4) is 0 Å². The molecule has 2 heterocycles. The average molecular weight is 271 g/mol. The van der Waals surface area contributed by atoms with Gasteiger partial charge < -0.3 is 9.15 Å². The molecule has 2 aromatic carbocycles. The Hall–Kier alpha value is -1.78. The van der Waals surface area contributed by atoms with E-state index in [2.05, 4.69) is 16.1 Å². The van der Waals surface area contributed by atoms with Crippen molar-refractivity contribution in [1.29, 1.82) is 0 Å². The topological polar surface area (TPSA) is 30.6 Å². The first-order valence-electron chi connectivity index (χ1n) is 6.33. The van der Waals surface area contributed by atoms with Crippen LogP contribution in [0.4, 0.5) is 0 Å². The van der Waals surface area contributed by atoms with E-state index in [-0.39, 0.29) is 0 Å². The van der Waals surface area contributed by atoms with Crippen molar-refractivity contribution < 1.29 is 9.15 Å². The third-order valence-electron chi connectivity index (χ3n) is 3.18. The van der Waals surface area contributed by atoms with Gasteiger partial charge in [0.25, 0.3) is 0 Å². The molecule has 0 radical (unpaired) electrons. The summed E-state index contributed by atoms with van der Waals surface area (Å²) in [4.78, 5) is 0. The van der Waals surface area contributed by atoms with Crippen molar-refractivity contribution in [3.05, 3.63) is 48.5 Å². The van der Waals surface area contributed by atoms with Gasteiger partial charge in [0.2, 0.25) is 0 Å². The summed E-state index contributed by atoms with van der Waals surface area (Å²) in [6.45, 7) is 1.75. The molecule has 1 saturated heterocycles. The van der Waals surface area contributed by atoms with Gasteiger partial charge >= 0.3 is 0 Å². The molecule has 4 heteroatoms. The molecule has 1 fully saturated rings. The number of hydrogen-bond donors (Lipinski definition) is 0. The number of para-hydroxylation sites is 3. The lowest BCUT2D eigenvalue weighted by molar-refractivity contribution is 0.390. The summed E-state index contributed by atoms with van der Waals surface area (Å²) < 4.78 is 14.8. The second-order valence-electron chi connectivity index (χ2n) is 4.62. The van der Waals surface area contributed by atoms with E-state index in [4.69, 9.17) is 9.15 Å². The molecule has 1 aromatic heterocycles. The quantitative estimate of drug-likeness (QED) is 0.660. The second-order valence-corrected chi connectivity index (χ2v) is 5.69. The van der Waals surface area contributed by atoms with Crippen molar-refractivity contribution in [2.45, 2.75) is 12.6 Å². The van der Waals surface area contributed by atoms with E-state index in [1.165, 1.54) is 0 Å². The Morgan fingerprint density at radius 2 is 1.79 bits per heavy atom. The fourth-order valence-electron chi connectivity index (χ4n) is 2.14. The first-order chi connectivity index (χ1) is 9.40. The summed E-state index contributed by atoms with van der Waals surface area (Å²) in [5, 5.41) is 0. The minimum Gasteiger partial charge on any atom is -0.454 e. The van der Waals surface area contributed by atoms with Gasteiger partial charge in [0.05, 0.1) is 29.5 Å². The van der Waals surface area contributed by atoms with Crippen LogP contribution >= 0.6 is 11.5 Å². The van der Waals surface area contributed by atoms with Crippen LogP contribution in [0.2, 0.25) is 0 Å². The molecule has 1 unspecified atom stereocenters. The zero-order chi connectivity index (χ0) is 12.7. The van der Waals surface area contributed by atoms with E-state index < -0.39 is 0 Å². The van der Waals surface area contributed by atoms with Crippen LogP contribution in [-0.2, 0) is 11.3 Å². The van der Waals surface area contributed by atoms with Crippen LogP contribution in [0.1, 0.15) is 0 Å². The fraction of sp³-hybridized carbons (Fsp3) is 0.200. The minimum absolute atomic E-state index is 0.353. The smallest absolute Gasteiger partial charge is 0.151 e. The largest absolute Gasteiger partial charge is 0.454 e. The van der Waals surface area contributed by atoms with E-state index in [1.54, 1.807) is 11.5 Å². The molecule has 96 valence electrons. The molecule has 0 saturated carbocycles. The maximum absolute atomic E-state index is 6.03. The first-order valence-corrected chi connectivity index (χ1v) is 7.10. The van der Waals surface area contributed by atoms with Crippen LogP contribution in [0.25, 0.3) is 21.4 Å². The molecule has 1 aliphatic heterocycles. The van der Waals surface area contributed by atoms with Gasteiger partial charge in [0, 0.05) is 0 Å². The molecule has 0 spiro atoms. The lowest BCUT2D eigenvalue weighted by Gasteiger charge is -2.02. The van der Waals surface area contributed by atoms with Crippen LogP contribution in [0.5, 0.6) is 0 Å². The molecule has 0 N–H and O–H groups in total. The summed E-state index contributed by atoms with van der Waals surface area (Å²) in [7, 11) is 0. The molecular weight excluding hydrogens is 258 g/mol. The highest BCUT2D eigenvalue weighted by Crippen LogP contribution is 2.25. The second kappa shape index (κ2) is 4.40. The van der Waals surface area contributed by atoms with Crippen LogP contribution in [-0.4, -0.2) is 16.7 Å². The van der Waals surface area contributed by atoms with Gasteiger partial charge in [0.1, 0.15) is 5.58 Å². The van der Waals surface area contributed by atoms with Gasteiger partial charge in [-0.3, -0.25) is 3.96 Å². The third kappa shape index (κ3) is 2.13. The molecule has 0 aliphatic carbocycles. The van der Waals surface area contributed by atoms with Crippen LogP contribution in [0, 0.1) is 0 Å². The molecular formula is C15H13NO2S. The maximum Gasteiger partial charge on any atom is 0.151 e. The van der Waals surface area contributed by atoms with Crippen LogP contribution < -0.4 is 0 Å². The summed E-state index contributed by atoms with van der Waals surface area (Å²) in [5.41, 5.74) is 2.93. The van der Waals surface area contributed by atoms with Crippen molar-refractivity contribution in [2.24, 2.45) is 0 Å². The number of hydrogen-bond acceptors (Lipinski definition) is 3. The summed E-state index contributed by atoms with van der Waals surface area (Å²) >= 11 is 1.72. The minimum atomic E-state index is 0.353. The number of aromatic nitrogens is 1. The normalized spacial score (nSPS) is 17.8. The van der Waals surface area contributed by atoms with Crippen LogP contribution in [0.15, 0.2) is 52.9 Å². The first kappa shape index (κ1) is 11.1. The Kier molecular flexibility index (Phi) is 2.57. The van der Waals surface area contributed by atoms with Crippen molar-refractivity contribution in [3.63, 3.8) is 0 Å². The third-order valence-corrected chi connectivity index (χ3v) is 4.28. The molecule has 0 amide bonds. The molecule has 1 aliphatic rings. The van der Waals surface area contributed by atoms with E-state index >= 15 is 0 Å².